The van der Waals surface area contributed by atoms with Crippen LogP contribution in [0.2, 0.25) is 0 Å². The van der Waals surface area contributed by atoms with Gasteiger partial charge in [-0.2, -0.15) is 0 Å². The van der Waals surface area contributed by atoms with Crippen LogP contribution in [0.15, 0.2) is 40.3 Å². The molecule has 0 unspecified atom stereocenters. The molecule has 1 amide bonds. The maximum absolute atomic E-state index is 13.1. The number of hydrogen-bond acceptors (Lipinski definition) is 4. The average Bonchev–Trinajstić information content (AvgIpc) is 3.01. The van der Waals surface area contributed by atoms with Crippen molar-refractivity contribution in [2.75, 3.05) is 5.75 Å². The van der Waals surface area contributed by atoms with Crippen LogP contribution in [0.1, 0.15) is 31.5 Å². The van der Waals surface area contributed by atoms with E-state index in [-0.39, 0.29) is 23.3 Å². The Kier molecular flexibility index (Phi) is 5.70. The summed E-state index contributed by atoms with van der Waals surface area (Å²) < 4.78 is 1.57. The predicted molar refractivity (Wildman–Crippen MR) is 110 cm³/mol. The molecule has 7 heteroatoms. The van der Waals surface area contributed by atoms with E-state index in [9.17, 15) is 9.59 Å². The van der Waals surface area contributed by atoms with Gasteiger partial charge in [0.2, 0.25) is 5.91 Å². The summed E-state index contributed by atoms with van der Waals surface area (Å²) in [6.45, 7) is 7.88. The smallest absolute Gasteiger partial charge is 0.283 e. The van der Waals surface area contributed by atoms with Crippen LogP contribution in [-0.2, 0) is 4.79 Å². The van der Waals surface area contributed by atoms with Gasteiger partial charge in [0.15, 0.2) is 5.16 Å². The van der Waals surface area contributed by atoms with E-state index in [4.69, 9.17) is 0 Å². The Balaban J connectivity index is 2.01. The zero-order chi connectivity index (χ0) is 19.6. The Morgan fingerprint density at radius 2 is 2.00 bits per heavy atom. The number of benzene rings is 1. The molecule has 6 nitrogen and oxygen atoms in total. The molecular weight excluding hydrogens is 360 g/mol. The molecule has 142 valence electrons. The van der Waals surface area contributed by atoms with Crippen LogP contribution in [0.5, 0.6) is 0 Å². The first-order valence-corrected chi connectivity index (χ1v) is 9.99. The lowest BCUT2D eigenvalue weighted by Gasteiger charge is -2.14. The highest BCUT2D eigenvalue weighted by Gasteiger charge is 2.16. The Bertz CT molecular complexity index is 1020. The van der Waals surface area contributed by atoms with Crippen molar-refractivity contribution in [2.45, 2.75) is 45.3 Å². The van der Waals surface area contributed by atoms with Gasteiger partial charge in [-0.05, 0) is 45.4 Å². The highest BCUT2D eigenvalue weighted by Crippen LogP contribution is 2.22. The summed E-state index contributed by atoms with van der Waals surface area (Å²) in [6, 6.07) is 9.67. The Hall–Kier alpha value is -2.54. The number of carbonyl (C=O) groups is 1. The minimum atomic E-state index is -0.165. The van der Waals surface area contributed by atoms with E-state index in [0.29, 0.717) is 16.2 Å². The van der Waals surface area contributed by atoms with Crippen molar-refractivity contribution in [3.05, 3.63) is 51.9 Å². The molecule has 3 aromatic rings. The van der Waals surface area contributed by atoms with E-state index in [1.165, 1.54) is 11.8 Å². The van der Waals surface area contributed by atoms with Gasteiger partial charge >= 0.3 is 0 Å². The molecule has 0 bridgehead atoms. The minimum absolute atomic E-state index is 0.0654. The third kappa shape index (κ3) is 4.24. The highest BCUT2D eigenvalue weighted by molar-refractivity contribution is 7.99. The number of carbonyl (C=O) groups excluding carboxylic acids is 1. The number of fused-ring (bicyclic) bond motifs is 1. The van der Waals surface area contributed by atoms with Gasteiger partial charge in [0, 0.05) is 11.7 Å². The quantitative estimate of drug-likeness (QED) is 0.505. The number of nitrogens with one attached hydrogen (secondary N) is 2. The molecule has 0 radical (unpaired) electrons. The van der Waals surface area contributed by atoms with Gasteiger partial charge in [-0.3, -0.25) is 14.2 Å². The summed E-state index contributed by atoms with van der Waals surface area (Å²) >= 11 is 1.27. The molecule has 1 aromatic carbocycles. The number of hydrogen-bond donors (Lipinski definition) is 2. The number of aromatic amines is 1. The molecule has 0 aliphatic heterocycles. The SMILES string of the molecule is CC[C@@H](C)NC(=O)CSc1nc2cc(C)[nH]c2c(=O)n1-c1ccc(C)cc1. The third-order valence-corrected chi connectivity index (χ3v) is 5.34. The zero-order valence-electron chi connectivity index (χ0n) is 16.0. The van der Waals surface area contributed by atoms with Crippen LogP contribution in [0, 0.1) is 13.8 Å². The summed E-state index contributed by atoms with van der Waals surface area (Å²) in [5.41, 5.74) is 3.64. The fraction of sp³-hybridized carbons (Fsp3) is 0.350. The molecule has 0 aliphatic carbocycles. The molecule has 0 aliphatic rings. The summed E-state index contributed by atoms with van der Waals surface area (Å²) in [4.78, 5) is 33.0. The lowest BCUT2D eigenvalue weighted by molar-refractivity contribution is -0.119. The molecule has 0 saturated carbocycles. The third-order valence-electron chi connectivity index (χ3n) is 4.40. The fourth-order valence-electron chi connectivity index (χ4n) is 2.74. The van der Waals surface area contributed by atoms with Crippen molar-refractivity contribution < 1.29 is 4.79 Å². The minimum Gasteiger partial charge on any atom is -0.353 e. The summed E-state index contributed by atoms with van der Waals surface area (Å²) in [5.74, 6) is 0.141. The lowest BCUT2D eigenvalue weighted by Crippen LogP contribution is -2.33. The second-order valence-corrected chi connectivity index (χ2v) is 7.69. The van der Waals surface area contributed by atoms with Gasteiger partial charge < -0.3 is 10.3 Å². The van der Waals surface area contributed by atoms with Crippen LogP contribution in [0.3, 0.4) is 0 Å². The predicted octanol–water partition coefficient (Wildman–Crippen LogP) is 3.34. The highest BCUT2D eigenvalue weighted by atomic mass is 32.2. The molecule has 0 fully saturated rings. The van der Waals surface area contributed by atoms with E-state index in [0.717, 1.165) is 23.4 Å². The average molecular weight is 385 g/mol. The van der Waals surface area contributed by atoms with Gasteiger partial charge in [0.1, 0.15) is 5.52 Å². The first-order chi connectivity index (χ1) is 12.9. The number of aryl methyl sites for hydroxylation is 2. The van der Waals surface area contributed by atoms with E-state index >= 15 is 0 Å². The number of amides is 1. The fourth-order valence-corrected chi connectivity index (χ4v) is 3.57. The molecule has 2 aromatic heterocycles. The Morgan fingerprint density at radius 3 is 2.67 bits per heavy atom. The molecule has 1 atom stereocenters. The summed E-state index contributed by atoms with van der Waals surface area (Å²) in [7, 11) is 0. The number of thioether (sulfide) groups is 1. The number of aromatic nitrogens is 3. The molecule has 0 spiro atoms. The Labute approximate surface area is 162 Å². The van der Waals surface area contributed by atoms with Gasteiger partial charge in [-0.15, -0.1) is 0 Å². The Morgan fingerprint density at radius 1 is 1.30 bits per heavy atom. The standard InChI is InChI=1S/C20H24N4O2S/c1-5-13(3)21-17(25)11-27-20-23-16-10-14(4)22-18(16)19(26)24(20)15-8-6-12(2)7-9-15/h6-10,13,22H,5,11H2,1-4H3,(H,21,25)/t13-/m1/s1. The molecular formula is C20H24N4O2S. The van der Waals surface area contributed by atoms with E-state index in [2.05, 4.69) is 15.3 Å². The zero-order valence-corrected chi connectivity index (χ0v) is 16.8. The van der Waals surface area contributed by atoms with Gasteiger partial charge in [-0.25, -0.2) is 4.98 Å². The van der Waals surface area contributed by atoms with Crippen LogP contribution in [0.25, 0.3) is 16.7 Å². The van der Waals surface area contributed by atoms with Crippen LogP contribution >= 0.6 is 11.8 Å². The second-order valence-electron chi connectivity index (χ2n) is 6.75. The monoisotopic (exact) mass is 384 g/mol. The van der Waals surface area contributed by atoms with Crippen molar-refractivity contribution >= 4 is 28.7 Å². The van der Waals surface area contributed by atoms with Crippen LogP contribution in [0.4, 0.5) is 0 Å². The number of nitrogens with zero attached hydrogens (tertiary/aromatic N) is 2. The van der Waals surface area contributed by atoms with E-state index < -0.39 is 0 Å². The lowest BCUT2D eigenvalue weighted by atomic mass is 10.2. The molecule has 2 heterocycles. The van der Waals surface area contributed by atoms with Gasteiger partial charge in [0.05, 0.1) is 17.0 Å². The summed E-state index contributed by atoms with van der Waals surface area (Å²) in [5, 5.41) is 3.45. The maximum atomic E-state index is 13.1. The maximum Gasteiger partial charge on any atom is 0.283 e. The molecule has 27 heavy (non-hydrogen) atoms. The van der Waals surface area contributed by atoms with Gasteiger partial charge in [0.25, 0.3) is 5.56 Å². The van der Waals surface area contributed by atoms with Crippen molar-refractivity contribution in [1.29, 1.82) is 0 Å². The van der Waals surface area contributed by atoms with E-state index in [1.807, 2.05) is 58.0 Å². The first kappa shape index (κ1) is 19.2. The summed E-state index contributed by atoms with van der Waals surface area (Å²) in [6.07, 6.45) is 0.872. The van der Waals surface area contributed by atoms with Gasteiger partial charge in [-0.1, -0.05) is 36.4 Å². The normalized spacial score (nSPS) is 12.3. The van der Waals surface area contributed by atoms with E-state index in [1.54, 1.807) is 4.57 Å². The largest absolute Gasteiger partial charge is 0.353 e. The van der Waals surface area contributed by atoms with Crippen molar-refractivity contribution in [2.24, 2.45) is 0 Å². The number of rotatable bonds is 6. The molecule has 3 rings (SSSR count). The first-order valence-electron chi connectivity index (χ1n) is 9.00. The number of H-pyrrole nitrogens is 1. The van der Waals surface area contributed by atoms with Crippen molar-refractivity contribution in [3.63, 3.8) is 0 Å². The second kappa shape index (κ2) is 8.00. The topological polar surface area (TPSA) is 79.8 Å². The molecule has 0 saturated heterocycles. The van der Waals surface area contributed by atoms with Crippen molar-refractivity contribution in [3.8, 4) is 5.69 Å². The van der Waals surface area contributed by atoms with Crippen molar-refractivity contribution in [1.82, 2.24) is 19.9 Å². The molecule has 2 N–H and O–H groups in total. The van der Waals surface area contributed by atoms with Crippen LogP contribution < -0.4 is 10.9 Å². The van der Waals surface area contributed by atoms with Crippen LogP contribution in [-0.4, -0.2) is 32.2 Å².